The van der Waals surface area contributed by atoms with Crippen molar-refractivity contribution in [3.8, 4) is 0 Å². The van der Waals surface area contributed by atoms with Gasteiger partial charge < -0.3 is 10.1 Å². The molecule has 0 atom stereocenters. The molecule has 0 heterocycles. The van der Waals surface area contributed by atoms with Crippen molar-refractivity contribution in [2.75, 3.05) is 18.5 Å². The maximum Gasteiger partial charge on any atom is 0.411 e. The number of carbonyl (C=O) groups excluding carboxylic acids is 1. The van der Waals surface area contributed by atoms with Gasteiger partial charge in [0.15, 0.2) is 0 Å². The Balaban J connectivity index is 2.37. The van der Waals surface area contributed by atoms with Crippen LogP contribution in [0.2, 0.25) is 0 Å². The highest BCUT2D eigenvalue weighted by molar-refractivity contribution is 5.84. The number of hydrogen-bond acceptors (Lipinski definition) is 3. The highest BCUT2D eigenvalue weighted by Crippen LogP contribution is 2.10. The Hall–Kier alpha value is -1.55. The molecule has 4 nitrogen and oxygen atoms in total. The van der Waals surface area contributed by atoms with E-state index in [4.69, 9.17) is 4.74 Å². The van der Waals surface area contributed by atoms with Crippen LogP contribution in [0.25, 0.3) is 0 Å². The second kappa shape index (κ2) is 8.53. The molecular formula is C15H24N2O2. The number of ether oxygens (including phenoxy) is 1. The molecule has 0 fully saturated rings. The highest BCUT2D eigenvalue weighted by Gasteiger charge is 2.04. The van der Waals surface area contributed by atoms with Gasteiger partial charge in [0.2, 0.25) is 0 Å². The average Bonchev–Trinajstić information content (AvgIpc) is 2.39. The van der Waals surface area contributed by atoms with Crippen molar-refractivity contribution in [2.24, 2.45) is 5.92 Å². The quantitative estimate of drug-likeness (QED) is 0.742. The summed E-state index contributed by atoms with van der Waals surface area (Å²) in [5.41, 5.74) is 1.96. The van der Waals surface area contributed by atoms with Crippen LogP contribution in [0.1, 0.15) is 32.8 Å². The first-order valence-electron chi connectivity index (χ1n) is 6.85. The lowest BCUT2D eigenvalue weighted by Crippen LogP contribution is -2.17. The van der Waals surface area contributed by atoms with Crippen LogP contribution in [0.15, 0.2) is 24.3 Å². The van der Waals surface area contributed by atoms with Gasteiger partial charge in [-0.2, -0.15) is 0 Å². The summed E-state index contributed by atoms with van der Waals surface area (Å²) >= 11 is 0. The van der Waals surface area contributed by atoms with Gasteiger partial charge >= 0.3 is 6.09 Å². The molecule has 106 valence electrons. The van der Waals surface area contributed by atoms with Crippen LogP contribution in [0.3, 0.4) is 0 Å². The predicted octanol–water partition coefficient (Wildman–Crippen LogP) is 3.39. The molecule has 0 spiro atoms. The zero-order chi connectivity index (χ0) is 14.1. The average molecular weight is 264 g/mol. The Kier molecular flexibility index (Phi) is 6.97. The van der Waals surface area contributed by atoms with E-state index in [0.29, 0.717) is 12.5 Å². The van der Waals surface area contributed by atoms with Crippen LogP contribution < -0.4 is 10.6 Å². The summed E-state index contributed by atoms with van der Waals surface area (Å²) in [6, 6.07) is 7.78. The number of nitrogens with one attached hydrogen (secondary N) is 2. The van der Waals surface area contributed by atoms with E-state index >= 15 is 0 Å². The Morgan fingerprint density at radius 3 is 2.53 bits per heavy atom. The molecule has 0 radical (unpaired) electrons. The van der Waals surface area contributed by atoms with Crippen molar-refractivity contribution < 1.29 is 9.53 Å². The molecule has 0 saturated carbocycles. The molecular weight excluding hydrogens is 240 g/mol. The highest BCUT2D eigenvalue weighted by atomic mass is 16.5. The molecule has 1 rings (SSSR count). The monoisotopic (exact) mass is 264 g/mol. The topological polar surface area (TPSA) is 50.4 Å². The lowest BCUT2D eigenvalue weighted by Gasteiger charge is -2.09. The molecule has 4 heteroatoms. The number of carbonyl (C=O) groups is 1. The molecule has 1 amide bonds. The Bertz CT molecular complexity index is 374. The van der Waals surface area contributed by atoms with Crippen LogP contribution in [0.5, 0.6) is 0 Å². The first kappa shape index (κ1) is 15.5. The maximum atomic E-state index is 11.5. The maximum absolute atomic E-state index is 11.5. The van der Waals surface area contributed by atoms with Crippen LogP contribution in [-0.4, -0.2) is 19.2 Å². The van der Waals surface area contributed by atoms with E-state index in [1.807, 2.05) is 38.1 Å². The van der Waals surface area contributed by atoms with Gasteiger partial charge in [-0.25, -0.2) is 4.79 Å². The molecule has 0 unspecified atom stereocenters. The molecule has 0 aliphatic rings. The van der Waals surface area contributed by atoms with Gasteiger partial charge in [0.05, 0.1) is 6.61 Å². The predicted molar refractivity (Wildman–Crippen MR) is 78.2 cm³/mol. The van der Waals surface area contributed by atoms with Crippen molar-refractivity contribution in [2.45, 2.75) is 33.7 Å². The van der Waals surface area contributed by atoms with Crippen LogP contribution in [0, 0.1) is 5.92 Å². The molecule has 0 bridgehead atoms. The van der Waals surface area contributed by atoms with Gasteiger partial charge in [-0.05, 0) is 36.6 Å². The molecule has 1 aromatic rings. The van der Waals surface area contributed by atoms with Crippen LogP contribution >= 0.6 is 0 Å². The summed E-state index contributed by atoms with van der Waals surface area (Å²) in [5, 5.41) is 6.04. The van der Waals surface area contributed by atoms with E-state index in [2.05, 4.69) is 17.6 Å². The number of rotatable bonds is 7. The summed E-state index contributed by atoms with van der Waals surface area (Å²) in [5.74, 6) is 0.345. The second-order valence-electron chi connectivity index (χ2n) is 4.99. The molecule has 19 heavy (non-hydrogen) atoms. The molecule has 1 aromatic carbocycles. The number of hydrogen-bond donors (Lipinski definition) is 2. The number of amides is 1. The zero-order valence-electron chi connectivity index (χ0n) is 12.0. The van der Waals surface area contributed by atoms with Crippen molar-refractivity contribution in [1.82, 2.24) is 5.32 Å². The normalized spacial score (nSPS) is 10.5. The van der Waals surface area contributed by atoms with Gasteiger partial charge in [0.25, 0.3) is 0 Å². The Labute approximate surface area is 115 Å². The summed E-state index contributed by atoms with van der Waals surface area (Å²) in [6.07, 6.45) is 0.729. The first-order chi connectivity index (χ1) is 9.11. The number of anilines is 1. The van der Waals surface area contributed by atoms with E-state index < -0.39 is 6.09 Å². The summed E-state index contributed by atoms with van der Waals surface area (Å²) in [6.45, 7) is 8.46. The standard InChI is InChI=1S/C15H24N2O2/c1-4-9-16-10-13-5-7-14(8-6-13)17-15(18)19-11-12(2)3/h5-8,12,16H,4,9-11H2,1-3H3,(H,17,18). The number of benzene rings is 1. The third-order valence-electron chi connectivity index (χ3n) is 2.50. The van der Waals surface area contributed by atoms with E-state index in [-0.39, 0.29) is 0 Å². The molecule has 0 aliphatic heterocycles. The van der Waals surface area contributed by atoms with Crippen molar-refractivity contribution >= 4 is 11.8 Å². The third-order valence-corrected chi connectivity index (χ3v) is 2.50. The minimum Gasteiger partial charge on any atom is -0.449 e. The second-order valence-corrected chi connectivity index (χ2v) is 4.99. The van der Waals surface area contributed by atoms with E-state index in [1.165, 1.54) is 5.56 Å². The Morgan fingerprint density at radius 1 is 1.26 bits per heavy atom. The molecule has 0 saturated heterocycles. The third kappa shape index (κ3) is 6.82. The largest absolute Gasteiger partial charge is 0.449 e. The van der Waals surface area contributed by atoms with Crippen LogP contribution in [-0.2, 0) is 11.3 Å². The summed E-state index contributed by atoms with van der Waals surface area (Å²) in [4.78, 5) is 11.5. The van der Waals surface area contributed by atoms with Crippen molar-refractivity contribution in [3.05, 3.63) is 29.8 Å². The minimum absolute atomic E-state index is 0.345. The van der Waals surface area contributed by atoms with Gasteiger partial charge in [0.1, 0.15) is 0 Å². The lowest BCUT2D eigenvalue weighted by molar-refractivity contribution is 0.147. The van der Waals surface area contributed by atoms with Gasteiger partial charge in [-0.1, -0.05) is 32.9 Å². The van der Waals surface area contributed by atoms with E-state index in [1.54, 1.807) is 0 Å². The fourth-order valence-electron chi connectivity index (χ4n) is 1.51. The lowest BCUT2D eigenvalue weighted by atomic mass is 10.2. The fraction of sp³-hybridized carbons (Fsp3) is 0.533. The minimum atomic E-state index is -0.398. The molecule has 2 N–H and O–H groups in total. The van der Waals surface area contributed by atoms with Crippen LogP contribution in [0.4, 0.5) is 10.5 Å². The first-order valence-corrected chi connectivity index (χ1v) is 6.85. The van der Waals surface area contributed by atoms with Crippen molar-refractivity contribution in [3.63, 3.8) is 0 Å². The fourth-order valence-corrected chi connectivity index (χ4v) is 1.51. The summed E-state index contributed by atoms with van der Waals surface area (Å²) in [7, 11) is 0. The van der Waals surface area contributed by atoms with E-state index in [9.17, 15) is 4.79 Å². The zero-order valence-corrected chi connectivity index (χ0v) is 12.0. The molecule has 0 aliphatic carbocycles. The van der Waals surface area contributed by atoms with Crippen molar-refractivity contribution in [1.29, 1.82) is 0 Å². The van der Waals surface area contributed by atoms with Gasteiger partial charge in [-0.15, -0.1) is 0 Å². The smallest absolute Gasteiger partial charge is 0.411 e. The van der Waals surface area contributed by atoms with Gasteiger partial charge in [-0.3, -0.25) is 5.32 Å². The SMILES string of the molecule is CCCNCc1ccc(NC(=O)OCC(C)C)cc1. The van der Waals surface area contributed by atoms with E-state index in [0.717, 1.165) is 25.2 Å². The van der Waals surface area contributed by atoms with Gasteiger partial charge in [0, 0.05) is 12.2 Å². The molecule has 0 aromatic heterocycles. The summed E-state index contributed by atoms with van der Waals surface area (Å²) < 4.78 is 5.05. The Morgan fingerprint density at radius 2 is 1.95 bits per heavy atom.